The van der Waals surface area contributed by atoms with Crippen molar-refractivity contribution >= 4 is 5.78 Å². The summed E-state index contributed by atoms with van der Waals surface area (Å²) >= 11 is 0. The van der Waals surface area contributed by atoms with Crippen molar-refractivity contribution in [3.8, 4) is 0 Å². The Hall–Kier alpha value is -0.410. The van der Waals surface area contributed by atoms with E-state index in [-0.39, 0.29) is 5.78 Å². The van der Waals surface area contributed by atoms with E-state index in [1.54, 1.807) is 5.48 Å². The van der Waals surface area contributed by atoms with Gasteiger partial charge in [0.2, 0.25) is 0 Å². The Labute approximate surface area is 61.4 Å². The molecule has 0 aromatic carbocycles. The summed E-state index contributed by atoms with van der Waals surface area (Å²) in [6.45, 7) is 5.39. The van der Waals surface area contributed by atoms with Gasteiger partial charge in [-0.05, 0) is 19.3 Å². The van der Waals surface area contributed by atoms with Crippen LogP contribution in [0.3, 0.4) is 0 Å². The van der Waals surface area contributed by atoms with Gasteiger partial charge in [-0.1, -0.05) is 13.8 Å². The lowest BCUT2D eigenvalue weighted by atomic mass is 10.0. The first-order chi connectivity index (χ1) is 4.57. The third-order valence-corrected chi connectivity index (χ3v) is 1.34. The summed E-state index contributed by atoms with van der Waals surface area (Å²) in [5.41, 5.74) is 1.73. The molecule has 3 heteroatoms. The molecule has 0 aliphatic rings. The number of hydrogen-bond acceptors (Lipinski definition) is 3. The van der Waals surface area contributed by atoms with E-state index in [9.17, 15) is 10.0 Å². The molecule has 60 valence electrons. The lowest BCUT2D eigenvalue weighted by Crippen LogP contribution is -2.32. The number of Topliss-reactive ketones (excluding diaryl/α,β-unsaturated/α-hetero) is 1. The maximum atomic E-state index is 10.6. The van der Waals surface area contributed by atoms with Gasteiger partial charge in [0.05, 0.1) is 6.04 Å². The maximum Gasteiger partial charge on any atom is 0.145 e. The lowest BCUT2D eigenvalue weighted by molar-refractivity contribution is -0.119. The van der Waals surface area contributed by atoms with Gasteiger partial charge in [0.25, 0.3) is 0 Å². The van der Waals surface area contributed by atoms with E-state index in [2.05, 4.69) is 0 Å². The average molecular weight is 144 g/mol. The lowest BCUT2D eigenvalue weighted by Gasteiger charge is -2.20. The van der Waals surface area contributed by atoms with Gasteiger partial charge < -0.3 is 10.7 Å². The van der Waals surface area contributed by atoms with E-state index < -0.39 is 6.04 Å². The second-order valence-electron chi connectivity index (χ2n) is 2.91. The smallest absolute Gasteiger partial charge is 0.145 e. The van der Waals surface area contributed by atoms with E-state index >= 15 is 0 Å². The molecule has 0 saturated carbocycles. The number of carbonyl (C=O) groups excluding carboxylic acids is 1. The Morgan fingerprint density at radius 3 is 2.20 bits per heavy atom. The molecule has 0 unspecified atom stereocenters. The van der Waals surface area contributed by atoms with E-state index in [1.165, 1.54) is 6.92 Å². The normalized spacial score (nSPS) is 13.7. The van der Waals surface area contributed by atoms with Crippen molar-refractivity contribution in [2.75, 3.05) is 0 Å². The van der Waals surface area contributed by atoms with E-state index in [1.807, 2.05) is 13.8 Å². The van der Waals surface area contributed by atoms with Crippen LogP contribution in [-0.4, -0.2) is 11.8 Å². The third-order valence-electron chi connectivity index (χ3n) is 1.34. The topological polar surface area (TPSA) is 52.2 Å². The number of carbonyl (C=O) groups is 1. The predicted molar refractivity (Wildman–Crippen MR) is 40.4 cm³/mol. The van der Waals surface area contributed by atoms with Gasteiger partial charge in [0.1, 0.15) is 5.78 Å². The molecule has 0 aliphatic heterocycles. The van der Waals surface area contributed by atoms with Crippen LogP contribution < -0.4 is 5.48 Å². The highest BCUT2D eigenvalue weighted by Gasteiger charge is 2.10. The zero-order chi connectivity index (χ0) is 8.15. The van der Waals surface area contributed by atoms with E-state index in [4.69, 9.17) is 0 Å². The first-order valence-corrected chi connectivity index (χ1v) is 3.46. The van der Waals surface area contributed by atoms with Crippen LogP contribution in [-0.2, 0) is 4.79 Å². The largest absolute Gasteiger partial charge is 0.787 e. The number of nitrogens with one attached hydrogen (secondary N) is 1. The van der Waals surface area contributed by atoms with Gasteiger partial charge in [-0.2, -0.15) is 0 Å². The fraction of sp³-hybridized carbons (Fsp3) is 0.857. The molecule has 0 spiro atoms. The molecule has 0 aromatic heterocycles. The van der Waals surface area contributed by atoms with E-state index in [0.717, 1.165) is 0 Å². The van der Waals surface area contributed by atoms with Crippen LogP contribution in [0.1, 0.15) is 27.2 Å². The molecule has 0 radical (unpaired) electrons. The van der Waals surface area contributed by atoms with Gasteiger partial charge in [-0.15, -0.1) is 0 Å². The minimum atomic E-state index is -0.500. The summed E-state index contributed by atoms with van der Waals surface area (Å²) in [4.78, 5) is 10.6. The summed E-state index contributed by atoms with van der Waals surface area (Å²) in [6.07, 6.45) is 0.624. The van der Waals surface area contributed by atoms with Crippen LogP contribution in [0.15, 0.2) is 0 Å². The Balaban J connectivity index is 3.72. The summed E-state index contributed by atoms with van der Waals surface area (Å²) in [7, 11) is 0. The molecule has 1 N–H and O–H groups in total. The fourth-order valence-corrected chi connectivity index (χ4v) is 0.768. The molecule has 1 atom stereocenters. The predicted octanol–water partition coefficient (Wildman–Crippen LogP) is 1.08. The second kappa shape index (κ2) is 4.41. The highest BCUT2D eigenvalue weighted by Crippen LogP contribution is 2.04. The Morgan fingerprint density at radius 1 is 1.60 bits per heavy atom. The summed E-state index contributed by atoms with van der Waals surface area (Å²) in [5.74, 6) is 0.305. The second-order valence-corrected chi connectivity index (χ2v) is 2.91. The van der Waals surface area contributed by atoms with Crippen molar-refractivity contribution in [2.24, 2.45) is 5.92 Å². The minimum absolute atomic E-state index is 0.0799. The number of ketones is 1. The van der Waals surface area contributed by atoms with E-state index in [0.29, 0.717) is 12.3 Å². The molecule has 0 fully saturated rings. The summed E-state index contributed by atoms with van der Waals surface area (Å²) in [6, 6.07) is -0.500. The Kier molecular flexibility index (Phi) is 4.23. The van der Waals surface area contributed by atoms with Crippen molar-refractivity contribution < 1.29 is 4.79 Å². The molecule has 0 amide bonds. The average Bonchev–Trinajstić information content (AvgIpc) is 1.81. The SMILES string of the molecule is CC(=O)[C@H](CC(C)C)N[O-]. The van der Waals surface area contributed by atoms with Crippen LogP contribution in [0, 0.1) is 11.1 Å². The standard InChI is InChI=1S/C7H14NO2/c1-5(2)4-7(8-10)6(3)9/h5,7-8H,4H2,1-3H3/q-1/t7-/m0/s1. The fourth-order valence-electron chi connectivity index (χ4n) is 0.768. The van der Waals surface area contributed by atoms with Gasteiger partial charge in [-0.25, -0.2) is 0 Å². The molecule has 0 rings (SSSR count). The van der Waals surface area contributed by atoms with Crippen molar-refractivity contribution in [3.63, 3.8) is 0 Å². The zero-order valence-electron chi connectivity index (χ0n) is 6.68. The zero-order valence-corrected chi connectivity index (χ0v) is 6.68. The Bertz CT molecular complexity index is 112. The maximum absolute atomic E-state index is 10.6. The molecular weight excluding hydrogens is 130 g/mol. The van der Waals surface area contributed by atoms with Gasteiger partial charge in [0.15, 0.2) is 0 Å². The van der Waals surface area contributed by atoms with Crippen LogP contribution in [0.25, 0.3) is 0 Å². The molecule has 0 aromatic rings. The monoisotopic (exact) mass is 144 g/mol. The van der Waals surface area contributed by atoms with Crippen molar-refractivity contribution in [3.05, 3.63) is 5.21 Å². The molecule has 0 heterocycles. The van der Waals surface area contributed by atoms with Gasteiger partial charge in [0, 0.05) is 0 Å². The van der Waals surface area contributed by atoms with Crippen LogP contribution in [0.5, 0.6) is 0 Å². The van der Waals surface area contributed by atoms with Crippen LogP contribution in [0.2, 0.25) is 0 Å². The van der Waals surface area contributed by atoms with Gasteiger partial charge >= 0.3 is 0 Å². The summed E-state index contributed by atoms with van der Waals surface area (Å²) < 4.78 is 0. The number of hydroxylamine groups is 1. The molecule has 0 aliphatic carbocycles. The Morgan fingerprint density at radius 2 is 2.10 bits per heavy atom. The van der Waals surface area contributed by atoms with Crippen molar-refractivity contribution in [1.29, 1.82) is 0 Å². The van der Waals surface area contributed by atoms with Crippen molar-refractivity contribution in [1.82, 2.24) is 5.48 Å². The molecular formula is C7H14NO2-. The molecule has 0 saturated heterocycles. The molecule has 3 nitrogen and oxygen atoms in total. The first kappa shape index (κ1) is 9.59. The summed E-state index contributed by atoms with van der Waals surface area (Å²) in [5, 5.41) is 10.1. The highest BCUT2D eigenvalue weighted by molar-refractivity contribution is 5.81. The third kappa shape index (κ3) is 3.58. The van der Waals surface area contributed by atoms with Crippen molar-refractivity contribution in [2.45, 2.75) is 33.2 Å². The number of hydrogen-bond donors (Lipinski definition) is 1. The first-order valence-electron chi connectivity index (χ1n) is 3.46. The highest BCUT2D eigenvalue weighted by atomic mass is 16.5. The van der Waals surface area contributed by atoms with Crippen LogP contribution in [0.4, 0.5) is 0 Å². The minimum Gasteiger partial charge on any atom is -0.787 e. The molecule has 0 bridgehead atoms. The van der Waals surface area contributed by atoms with Crippen LogP contribution >= 0.6 is 0 Å². The quantitative estimate of drug-likeness (QED) is 0.600. The van der Waals surface area contributed by atoms with Gasteiger partial charge in [-0.3, -0.25) is 4.79 Å². The molecule has 10 heavy (non-hydrogen) atoms. The number of rotatable bonds is 4.